The van der Waals surface area contributed by atoms with E-state index in [0.717, 1.165) is 0 Å². The van der Waals surface area contributed by atoms with Gasteiger partial charge in [-0.15, -0.1) is 11.8 Å². The van der Waals surface area contributed by atoms with Gasteiger partial charge in [-0.2, -0.15) is 0 Å². The second-order valence-electron chi connectivity index (χ2n) is 6.45. The number of pyridine rings is 1. The Kier molecular flexibility index (Phi) is 6.70. The van der Waals surface area contributed by atoms with Crippen molar-refractivity contribution in [3.05, 3.63) is 48.3 Å². The maximum Gasteiger partial charge on any atom is 0.334 e. The summed E-state index contributed by atoms with van der Waals surface area (Å²) in [6, 6.07) is 3.72. The van der Waals surface area contributed by atoms with Crippen molar-refractivity contribution in [3.8, 4) is 0 Å². The lowest BCUT2D eigenvalue weighted by Crippen LogP contribution is -2.69. The number of carbonyl (C=O) groups is 4. The van der Waals surface area contributed by atoms with Crippen LogP contribution in [0.5, 0.6) is 0 Å². The highest BCUT2D eigenvalue weighted by atomic mass is 32.2. The summed E-state index contributed by atoms with van der Waals surface area (Å²) in [7, 11) is 0. The summed E-state index contributed by atoms with van der Waals surface area (Å²) in [4.78, 5) is 57.8. The number of anilines is 1. The van der Waals surface area contributed by atoms with Gasteiger partial charge in [0.05, 0.1) is 5.57 Å². The summed E-state index contributed by atoms with van der Waals surface area (Å²) in [6.45, 7) is 5.26. The van der Waals surface area contributed by atoms with Gasteiger partial charge in [0, 0.05) is 11.4 Å². The van der Waals surface area contributed by atoms with Gasteiger partial charge in [-0.1, -0.05) is 23.9 Å². The standard InChI is InChI=1S/C19H19N5O6S/c1-3-7-30-23-14(12-5-4-6-13(21-12)20-9-25)16(26)22-15-17(27)24-8-11(19(28)29)10(2)31-18(15)24/h3-6,8-10,15,18H,1,7H2,2H3,(H,22,26)(H,28,29)(H,20,21,25)/t10?,15?,18-/m1/s1. The van der Waals surface area contributed by atoms with Crippen LogP contribution in [0.2, 0.25) is 0 Å². The summed E-state index contributed by atoms with van der Waals surface area (Å²) in [5, 5.41) is 17.2. The largest absolute Gasteiger partial charge is 0.478 e. The highest BCUT2D eigenvalue weighted by Crippen LogP contribution is 2.40. The van der Waals surface area contributed by atoms with E-state index in [0.29, 0.717) is 6.41 Å². The Bertz CT molecular complexity index is 994. The first-order valence-corrected chi connectivity index (χ1v) is 10.0. The summed E-state index contributed by atoms with van der Waals surface area (Å²) < 4.78 is 0. The molecule has 3 heterocycles. The minimum atomic E-state index is -1.09. The normalized spacial score (nSPS) is 22.4. The van der Waals surface area contributed by atoms with Crippen molar-refractivity contribution in [1.82, 2.24) is 15.2 Å². The molecule has 2 unspecified atom stereocenters. The number of β-lactam (4-membered cyclic amide) rings is 1. The molecule has 0 aromatic carbocycles. The molecule has 3 N–H and O–H groups in total. The van der Waals surface area contributed by atoms with E-state index < -0.39 is 29.2 Å². The number of fused-ring (bicyclic) bond motifs is 1. The lowest BCUT2D eigenvalue weighted by Gasteiger charge is -2.48. The van der Waals surface area contributed by atoms with Gasteiger partial charge in [0.2, 0.25) is 6.41 Å². The lowest BCUT2D eigenvalue weighted by molar-refractivity contribution is -0.144. The number of oxime groups is 1. The van der Waals surface area contributed by atoms with E-state index in [1.54, 1.807) is 13.0 Å². The van der Waals surface area contributed by atoms with Crippen LogP contribution in [0.4, 0.5) is 5.82 Å². The molecule has 12 heteroatoms. The molecule has 3 atom stereocenters. The first-order chi connectivity index (χ1) is 14.9. The van der Waals surface area contributed by atoms with Crippen LogP contribution in [0.15, 0.2) is 47.8 Å². The zero-order chi connectivity index (χ0) is 22.5. The van der Waals surface area contributed by atoms with E-state index in [1.165, 1.54) is 41.1 Å². The van der Waals surface area contributed by atoms with Gasteiger partial charge in [-0.05, 0) is 19.1 Å². The summed E-state index contributed by atoms with van der Waals surface area (Å²) in [5.41, 5.74) is 0.0381. The molecule has 162 valence electrons. The SMILES string of the molecule is C=CCON=C(C(=O)NC1C(=O)N2C=C(C(=O)O)C(C)S[C@H]12)c1cccc(NC=O)n1. The van der Waals surface area contributed by atoms with Crippen molar-refractivity contribution < 1.29 is 29.1 Å². The fraction of sp³-hybridized carbons (Fsp3) is 0.263. The van der Waals surface area contributed by atoms with Crippen molar-refractivity contribution in [3.63, 3.8) is 0 Å². The van der Waals surface area contributed by atoms with Gasteiger partial charge in [-0.3, -0.25) is 14.4 Å². The minimum Gasteiger partial charge on any atom is -0.478 e. The molecule has 1 fully saturated rings. The molecule has 0 aliphatic carbocycles. The van der Waals surface area contributed by atoms with Crippen LogP contribution in [-0.4, -0.2) is 68.2 Å². The zero-order valence-corrected chi connectivity index (χ0v) is 17.2. The Balaban J connectivity index is 1.80. The molecule has 1 aromatic rings. The van der Waals surface area contributed by atoms with Crippen LogP contribution >= 0.6 is 11.8 Å². The summed E-state index contributed by atoms with van der Waals surface area (Å²) in [6.07, 6.45) is 3.19. The fourth-order valence-corrected chi connectivity index (χ4v) is 4.31. The van der Waals surface area contributed by atoms with E-state index in [4.69, 9.17) is 4.84 Å². The minimum absolute atomic E-state index is 0.0396. The number of thioether (sulfide) groups is 1. The van der Waals surface area contributed by atoms with Gasteiger partial charge in [-0.25, -0.2) is 9.78 Å². The molecule has 2 aliphatic heterocycles. The number of carboxylic acids is 1. The topological polar surface area (TPSA) is 150 Å². The van der Waals surface area contributed by atoms with E-state index in [-0.39, 0.29) is 34.7 Å². The van der Waals surface area contributed by atoms with Crippen molar-refractivity contribution in [2.75, 3.05) is 11.9 Å². The molecule has 11 nitrogen and oxygen atoms in total. The van der Waals surface area contributed by atoms with Gasteiger partial charge in [0.25, 0.3) is 11.8 Å². The molecule has 0 bridgehead atoms. The second-order valence-corrected chi connectivity index (χ2v) is 7.91. The number of carbonyl (C=O) groups excluding carboxylic acids is 3. The first-order valence-electron chi connectivity index (χ1n) is 9.09. The Morgan fingerprint density at radius 1 is 1.45 bits per heavy atom. The third kappa shape index (κ3) is 4.58. The summed E-state index contributed by atoms with van der Waals surface area (Å²) in [5.74, 6) is -2.04. The van der Waals surface area contributed by atoms with Gasteiger partial charge in [0.15, 0.2) is 5.71 Å². The Hall–Kier alpha value is -3.67. The van der Waals surface area contributed by atoms with E-state index >= 15 is 0 Å². The average Bonchev–Trinajstić information content (AvgIpc) is 2.75. The molecule has 0 spiro atoms. The molecular weight excluding hydrogens is 426 g/mol. The van der Waals surface area contributed by atoms with E-state index in [9.17, 15) is 24.3 Å². The Morgan fingerprint density at radius 2 is 2.23 bits per heavy atom. The number of aliphatic carboxylic acids is 1. The molecule has 31 heavy (non-hydrogen) atoms. The fourth-order valence-electron chi connectivity index (χ4n) is 2.94. The molecule has 1 saturated heterocycles. The quantitative estimate of drug-likeness (QED) is 0.123. The molecule has 0 radical (unpaired) electrons. The number of rotatable bonds is 9. The van der Waals surface area contributed by atoms with Gasteiger partial charge in [0.1, 0.15) is 29.5 Å². The molecule has 1 aromatic heterocycles. The monoisotopic (exact) mass is 445 g/mol. The molecule has 3 rings (SSSR count). The molecule has 3 amide bonds. The van der Waals surface area contributed by atoms with Crippen molar-refractivity contribution >= 4 is 47.5 Å². The highest BCUT2D eigenvalue weighted by molar-refractivity contribution is 8.00. The van der Waals surface area contributed by atoms with Crippen LogP contribution in [0, 0.1) is 0 Å². The maximum absolute atomic E-state index is 12.9. The predicted molar refractivity (Wildman–Crippen MR) is 112 cm³/mol. The highest BCUT2D eigenvalue weighted by Gasteiger charge is 2.51. The first kappa shape index (κ1) is 22.0. The maximum atomic E-state index is 12.9. The van der Waals surface area contributed by atoms with Gasteiger partial charge >= 0.3 is 5.97 Å². The molecule has 2 aliphatic rings. The van der Waals surface area contributed by atoms with Crippen LogP contribution in [0.3, 0.4) is 0 Å². The van der Waals surface area contributed by atoms with Crippen molar-refractivity contribution in [1.29, 1.82) is 0 Å². The number of nitrogens with zero attached hydrogens (tertiary/aromatic N) is 3. The summed E-state index contributed by atoms with van der Waals surface area (Å²) >= 11 is 1.26. The predicted octanol–water partition coefficient (Wildman–Crippen LogP) is 0.314. The smallest absolute Gasteiger partial charge is 0.334 e. The number of hydrogen-bond donors (Lipinski definition) is 3. The van der Waals surface area contributed by atoms with Crippen LogP contribution in [0.25, 0.3) is 0 Å². The second kappa shape index (κ2) is 9.43. The lowest BCUT2D eigenvalue weighted by atomic mass is 10.1. The van der Waals surface area contributed by atoms with Crippen molar-refractivity contribution in [2.45, 2.75) is 23.6 Å². The third-order valence-corrected chi connectivity index (χ3v) is 5.88. The van der Waals surface area contributed by atoms with Crippen LogP contribution in [-0.2, 0) is 24.0 Å². The average molecular weight is 445 g/mol. The molecule has 0 saturated carbocycles. The van der Waals surface area contributed by atoms with Crippen molar-refractivity contribution in [2.24, 2.45) is 5.16 Å². The van der Waals surface area contributed by atoms with Gasteiger partial charge < -0.3 is 25.5 Å². The Morgan fingerprint density at radius 3 is 2.90 bits per heavy atom. The number of amides is 3. The van der Waals surface area contributed by atoms with E-state index in [1.807, 2.05) is 0 Å². The molecular formula is C19H19N5O6S. The Labute approximate surface area is 181 Å². The van der Waals surface area contributed by atoms with Crippen LogP contribution < -0.4 is 10.6 Å². The number of hydrogen-bond acceptors (Lipinski definition) is 8. The number of aromatic nitrogens is 1. The zero-order valence-electron chi connectivity index (χ0n) is 16.3. The van der Waals surface area contributed by atoms with E-state index in [2.05, 4.69) is 27.4 Å². The third-order valence-electron chi connectivity index (χ3n) is 4.43. The van der Waals surface area contributed by atoms with Crippen LogP contribution in [0.1, 0.15) is 12.6 Å². The number of nitrogens with one attached hydrogen (secondary N) is 2. The number of carboxylic acid groups (broad SMARTS) is 1.